The quantitative estimate of drug-likeness (QED) is 0.541. The summed E-state index contributed by atoms with van der Waals surface area (Å²) in [7, 11) is 0. The van der Waals surface area contributed by atoms with Crippen LogP contribution in [0, 0.1) is 0 Å². The van der Waals surface area contributed by atoms with Gasteiger partial charge in [-0.25, -0.2) is 0 Å². The number of benzene rings is 1. The van der Waals surface area contributed by atoms with Crippen molar-refractivity contribution in [1.29, 1.82) is 0 Å². The molecule has 1 atom stereocenters. The molecule has 0 radical (unpaired) electrons. The number of halogens is 1. The van der Waals surface area contributed by atoms with Gasteiger partial charge in [-0.3, -0.25) is 4.79 Å². The number of unbranched alkanes of at least 4 members (excludes halogenated alkanes) is 1. The average Bonchev–Trinajstić information content (AvgIpc) is 2.47. The zero-order chi connectivity index (χ0) is 14.8. The standard InChI is InChI=1S/C16H24BrNO2/c1-3-5-12-20-15-8-6-13(7-9-15)16(19)18-14(4-2)10-11-17/h6-9,14H,3-5,10-12H2,1-2H3,(H,18,19). The summed E-state index contributed by atoms with van der Waals surface area (Å²) in [5, 5.41) is 3.94. The summed E-state index contributed by atoms with van der Waals surface area (Å²) in [4.78, 5) is 12.1. The Morgan fingerprint density at radius 1 is 1.30 bits per heavy atom. The summed E-state index contributed by atoms with van der Waals surface area (Å²) < 4.78 is 5.58. The van der Waals surface area contributed by atoms with Crippen LogP contribution in [0.2, 0.25) is 0 Å². The number of alkyl halides is 1. The van der Waals surface area contributed by atoms with Crippen LogP contribution in [-0.2, 0) is 0 Å². The van der Waals surface area contributed by atoms with Gasteiger partial charge in [-0.15, -0.1) is 0 Å². The summed E-state index contributed by atoms with van der Waals surface area (Å²) in [5.41, 5.74) is 0.681. The van der Waals surface area contributed by atoms with E-state index < -0.39 is 0 Å². The zero-order valence-corrected chi connectivity index (χ0v) is 13.9. The first-order valence-corrected chi connectivity index (χ1v) is 8.43. The first-order chi connectivity index (χ1) is 9.71. The van der Waals surface area contributed by atoms with Gasteiger partial charge in [0, 0.05) is 16.9 Å². The normalized spacial score (nSPS) is 11.9. The minimum Gasteiger partial charge on any atom is -0.494 e. The molecule has 1 rings (SSSR count). The second-order valence-electron chi connectivity index (χ2n) is 4.78. The van der Waals surface area contributed by atoms with E-state index in [0.717, 1.165) is 43.4 Å². The van der Waals surface area contributed by atoms with Gasteiger partial charge in [0.1, 0.15) is 5.75 Å². The van der Waals surface area contributed by atoms with E-state index in [1.54, 1.807) is 0 Å². The van der Waals surface area contributed by atoms with Crippen molar-refractivity contribution in [1.82, 2.24) is 5.32 Å². The largest absolute Gasteiger partial charge is 0.494 e. The molecule has 0 saturated carbocycles. The van der Waals surface area contributed by atoms with Gasteiger partial charge < -0.3 is 10.1 Å². The molecular formula is C16H24BrNO2. The first kappa shape index (κ1) is 17.0. The molecule has 0 heterocycles. The number of carbonyl (C=O) groups is 1. The second-order valence-corrected chi connectivity index (χ2v) is 5.58. The monoisotopic (exact) mass is 341 g/mol. The van der Waals surface area contributed by atoms with Crippen LogP contribution < -0.4 is 10.1 Å². The Morgan fingerprint density at radius 2 is 2.00 bits per heavy atom. The molecule has 1 amide bonds. The fraction of sp³-hybridized carbons (Fsp3) is 0.562. The summed E-state index contributed by atoms with van der Waals surface area (Å²) in [6.45, 7) is 4.94. The van der Waals surface area contributed by atoms with E-state index in [1.165, 1.54) is 0 Å². The molecule has 0 aliphatic heterocycles. The lowest BCUT2D eigenvalue weighted by Gasteiger charge is -2.15. The van der Waals surface area contributed by atoms with Crippen molar-refractivity contribution in [2.24, 2.45) is 0 Å². The molecule has 0 aliphatic rings. The van der Waals surface area contributed by atoms with Gasteiger partial charge in [0.2, 0.25) is 0 Å². The SMILES string of the molecule is CCCCOc1ccc(C(=O)NC(CC)CCBr)cc1. The third-order valence-electron chi connectivity index (χ3n) is 3.17. The number of amides is 1. The summed E-state index contributed by atoms with van der Waals surface area (Å²) >= 11 is 3.41. The van der Waals surface area contributed by atoms with Gasteiger partial charge in [-0.1, -0.05) is 36.2 Å². The Labute approximate surface area is 130 Å². The molecule has 112 valence electrons. The fourth-order valence-electron chi connectivity index (χ4n) is 1.82. The average molecular weight is 342 g/mol. The summed E-state index contributed by atoms with van der Waals surface area (Å²) in [6, 6.07) is 7.57. The molecule has 1 aromatic carbocycles. The van der Waals surface area contributed by atoms with Crippen molar-refractivity contribution in [3.8, 4) is 5.75 Å². The predicted molar refractivity (Wildman–Crippen MR) is 86.8 cm³/mol. The van der Waals surface area contributed by atoms with Gasteiger partial charge in [0.05, 0.1) is 6.61 Å². The van der Waals surface area contributed by atoms with Gasteiger partial charge >= 0.3 is 0 Å². The van der Waals surface area contributed by atoms with Crippen LogP contribution in [0.3, 0.4) is 0 Å². The van der Waals surface area contributed by atoms with Crippen LogP contribution in [0.5, 0.6) is 5.75 Å². The highest BCUT2D eigenvalue weighted by atomic mass is 79.9. The van der Waals surface area contributed by atoms with Crippen molar-refractivity contribution in [3.05, 3.63) is 29.8 Å². The van der Waals surface area contributed by atoms with Crippen molar-refractivity contribution in [3.63, 3.8) is 0 Å². The fourth-order valence-corrected chi connectivity index (χ4v) is 2.37. The van der Waals surface area contributed by atoms with Crippen LogP contribution in [0.15, 0.2) is 24.3 Å². The molecule has 1 aromatic rings. The third kappa shape index (κ3) is 5.95. The molecule has 4 heteroatoms. The molecule has 0 spiro atoms. The molecule has 0 aliphatic carbocycles. The van der Waals surface area contributed by atoms with E-state index in [2.05, 4.69) is 35.1 Å². The number of ether oxygens (including phenoxy) is 1. The molecular weight excluding hydrogens is 318 g/mol. The molecule has 0 fully saturated rings. The smallest absolute Gasteiger partial charge is 0.251 e. The summed E-state index contributed by atoms with van der Waals surface area (Å²) in [6.07, 6.45) is 4.05. The van der Waals surface area contributed by atoms with E-state index in [0.29, 0.717) is 5.56 Å². The Kier molecular flexibility index (Phi) is 8.35. The molecule has 0 bridgehead atoms. The van der Waals surface area contributed by atoms with Crippen molar-refractivity contribution >= 4 is 21.8 Å². The van der Waals surface area contributed by atoms with Crippen LogP contribution >= 0.6 is 15.9 Å². The number of rotatable bonds is 9. The van der Waals surface area contributed by atoms with Crippen molar-refractivity contribution in [2.45, 2.75) is 45.6 Å². The Bertz CT molecular complexity index is 392. The Balaban J connectivity index is 2.52. The lowest BCUT2D eigenvalue weighted by atomic mass is 10.1. The van der Waals surface area contributed by atoms with Crippen LogP contribution in [0.4, 0.5) is 0 Å². The van der Waals surface area contributed by atoms with Crippen molar-refractivity contribution in [2.75, 3.05) is 11.9 Å². The summed E-state index contributed by atoms with van der Waals surface area (Å²) in [5.74, 6) is 0.806. The first-order valence-electron chi connectivity index (χ1n) is 7.30. The van der Waals surface area contributed by atoms with Gasteiger partial charge in [-0.2, -0.15) is 0 Å². The van der Waals surface area contributed by atoms with Crippen LogP contribution in [-0.4, -0.2) is 23.9 Å². The van der Waals surface area contributed by atoms with Crippen LogP contribution in [0.25, 0.3) is 0 Å². The molecule has 20 heavy (non-hydrogen) atoms. The third-order valence-corrected chi connectivity index (χ3v) is 3.63. The van der Waals surface area contributed by atoms with E-state index in [4.69, 9.17) is 4.74 Å². The Morgan fingerprint density at radius 3 is 2.55 bits per heavy atom. The van der Waals surface area contributed by atoms with Crippen molar-refractivity contribution < 1.29 is 9.53 Å². The second kappa shape index (κ2) is 9.81. The van der Waals surface area contributed by atoms with Gasteiger partial charge in [0.15, 0.2) is 0 Å². The molecule has 1 N–H and O–H groups in total. The van der Waals surface area contributed by atoms with E-state index in [9.17, 15) is 4.79 Å². The number of carbonyl (C=O) groups excluding carboxylic acids is 1. The molecule has 3 nitrogen and oxygen atoms in total. The maximum absolute atomic E-state index is 12.1. The lowest BCUT2D eigenvalue weighted by Crippen LogP contribution is -2.34. The highest BCUT2D eigenvalue weighted by molar-refractivity contribution is 9.09. The molecule has 0 aromatic heterocycles. The minimum atomic E-state index is -0.0158. The maximum atomic E-state index is 12.1. The van der Waals surface area contributed by atoms with E-state index >= 15 is 0 Å². The van der Waals surface area contributed by atoms with E-state index in [1.807, 2.05) is 24.3 Å². The van der Waals surface area contributed by atoms with Gasteiger partial charge in [0.25, 0.3) is 5.91 Å². The highest BCUT2D eigenvalue weighted by Gasteiger charge is 2.11. The topological polar surface area (TPSA) is 38.3 Å². The molecule has 0 saturated heterocycles. The highest BCUT2D eigenvalue weighted by Crippen LogP contribution is 2.13. The Hall–Kier alpha value is -1.03. The lowest BCUT2D eigenvalue weighted by molar-refractivity contribution is 0.0935. The number of hydrogen-bond donors (Lipinski definition) is 1. The van der Waals surface area contributed by atoms with Gasteiger partial charge in [-0.05, 0) is 43.5 Å². The number of hydrogen-bond acceptors (Lipinski definition) is 2. The maximum Gasteiger partial charge on any atom is 0.251 e. The molecule has 1 unspecified atom stereocenters. The minimum absolute atomic E-state index is 0.0158. The zero-order valence-electron chi connectivity index (χ0n) is 12.3. The predicted octanol–water partition coefficient (Wildman–Crippen LogP) is 4.16. The van der Waals surface area contributed by atoms with E-state index in [-0.39, 0.29) is 11.9 Å². The number of nitrogens with one attached hydrogen (secondary N) is 1. The van der Waals surface area contributed by atoms with Crippen LogP contribution in [0.1, 0.15) is 49.9 Å².